The number of hydrogen-bond donors (Lipinski definition) is 2. The molecule has 2 rings (SSSR count). The molecule has 0 unspecified atom stereocenters. The van der Waals surface area contributed by atoms with Gasteiger partial charge in [0.15, 0.2) is 9.54 Å². The van der Waals surface area contributed by atoms with E-state index in [0.29, 0.717) is 9.54 Å². The number of aromatic amines is 2. The van der Waals surface area contributed by atoms with Gasteiger partial charge in [-0.05, 0) is 63.3 Å². The Bertz CT molecular complexity index is 656. The Morgan fingerprint density at radius 1 is 0.800 bits per heavy atom. The smallest absolute Gasteiger partial charge is 0.197 e. The second-order valence-corrected chi connectivity index (χ2v) is 5.83. The number of rotatable bonds is 2. The third-order valence-electron chi connectivity index (χ3n) is 3.58. The first kappa shape index (κ1) is 15.0. The van der Waals surface area contributed by atoms with E-state index in [-0.39, 0.29) is 5.92 Å². The van der Waals surface area contributed by atoms with E-state index in [1.807, 2.05) is 27.7 Å². The van der Waals surface area contributed by atoms with Gasteiger partial charge in [0.2, 0.25) is 0 Å². The van der Waals surface area contributed by atoms with Gasteiger partial charge < -0.3 is 9.97 Å². The minimum Gasteiger partial charge on any atom is -0.334 e. The molecular formula is C14H18N4S2. The molecule has 0 saturated heterocycles. The summed E-state index contributed by atoms with van der Waals surface area (Å²) < 4.78 is 1.05. The second kappa shape index (κ2) is 5.54. The lowest BCUT2D eigenvalue weighted by molar-refractivity contribution is 0.806. The van der Waals surface area contributed by atoms with E-state index in [2.05, 4.69) is 26.9 Å². The standard InChI is InChI=1S/C14H18N4S2/c1-6(11-7(2)15-13(19)16-8(11)3)12-9(4)17-14(20)18-10(12)5/h6H,1-5H3,(H,15,16,19)(H,17,18,20). The Morgan fingerprint density at radius 2 is 1.15 bits per heavy atom. The first-order valence-corrected chi connectivity index (χ1v) is 7.27. The van der Waals surface area contributed by atoms with Crippen molar-refractivity contribution in [3.05, 3.63) is 43.4 Å². The van der Waals surface area contributed by atoms with Crippen LogP contribution in [0.1, 0.15) is 46.7 Å². The molecule has 0 saturated carbocycles. The Morgan fingerprint density at radius 3 is 1.45 bits per heavy atom. The van der Waals surface area contributed by atoms with Crippen LogP contribution < -0.4 is 0 Å². The average molecular weight is 306 g/mol. The molecule has 6 heteroatoms. The molecule has 2 aromatic rings. The highest BCUT2D eigenvalue weighted by molar-refractivity contribution is 7.71. The summed E-state index contributed by atoms with van der Waals surface area (Å²) in [6, 6.07) is 0. The van der Waals surface area contributed by atoms with Crippen LogP contribution >= 0.6 is 24.4 Å². The van der Waals surface area contributed by atoms with Crippen molar-refractivity contribution in [3.63, 3.8) is 0 Å². The van der Waals surface area contributed by atoms with Gasteiger partial charge in [0.05, 0.1) is 0 Å². The number of H-pyrrole nitrogens is 2. The highest BCUT2D eigenvalue weighted by Gasteiger charge is 2.19. The summed E-state index contributed by atoms with van der Waals surface area (Å²) in [6.45, 7) is 10.2. The summed E-state index contributed by atoms with van der Waals surface area (Å²) >= 11 is 10.2. The molecule has 106 valence electrons. The Labute approximate surface area is 128 Å². The molecule has 0 radical (unpaired) electrons. The maximum atomic E-state index is 5.12. The summed E-state index contributed by atoms with van der Waals surface area (Å²) in [7, 11) is 0. The van der Waals surface area contributed by atoms with Crippen LogP contribution in [0.15, 0.2) is 0 Å². The number of hydrogen-bond acceptors (Lipinski definition) is 4. The van der Waals surface area contributed by atoms with E-state index in [4.69, 9.17) is 24.4 Å². The van der Waals surface area contributed by atoms with E-state index in [9.17, 15) is 0 Å². The van der Waals surface area contributed by atoms with Crippen molar-refractivity contribution in [1.82, 2.24) is 19.9 Å². The molecule has 2 aromatic heterocycles. The zero-order valence-corrected chi connectivity index (χ0v) is 13.9. The fourth-order valence-corrected chi connectivity index (χ4v) is 3.48. The number of nitrogens with zero attached hydrogens (tertiary/aromatic N) is 2. The fourth-order valence-electron chi connectivity index (χ4n) is 2.90. The van der Waals surface area contributed by atoms with Gasteiger partial charge >= 0.3 is 0 Å². The van der Waals surface area contributed by atoms with Gasteiger partial charge in [0.1, 0.15) is 0 Å². The molecule has 0 spiro atoms. The summed E-state index contributed by atoms with van der Waals surface area (Å²) in [5, 5.41) is 0. The van der Waals surface area contributed by atoms with Gasteiger partial charge in [0.25, 0.3) is 0 Å². The Balaban J connectivity index is 2.67. The lowest BCUT2D eigenvalue weighted by Crippen LogP contribution is -2.11. The van der Waals surface area contributed by atoms with Crippen molar-refractivity contribution in [2.24, 2.45) is 0 Å². The van der Waals surface area contributed by atoms with Gasteiger partial charge in [-0.2, -0.15) is 0 Å². The normalized spacial score (nSPS) is 11.1. The van der Waals surface area contributed by atoms with E-state index in [0.717, 1.165) is 33.9 Å². The summed E-state index contributed by atoms with van der Waals surface area (Å²) in [6.07, 6.45) is 0. The largest absolute Gasteiger partial charge is 0.334 e. The SMILES string of the molecule is Cc1nc(=S)[nH]c(C)c1C(C)c1c(C)nc(=S)[nH]c1C. The lowest BCUT2D eigenvalue weighted by Gasteiger charge is -2.20. The predicted octanol–water partition coefficient (Wildman–Crippen LogP) is 3.98. The van der Waals surface area contributed by atoms with Gasteiger partial charge in [-0.25, -0.2) is 9.97 Å². The highest BCUT2D eigenvalue weighted by Crippen LogP contribution is 2.30. The van der Waals surface area contributed by atoms with Crippen LogP contribution in [0, 0.1) is 37.2 Å². The summed E-state index contributed by atoms with van der Waals surface area (Å²) in [4.78, 5) is 15.0. The summed E-state index contributed by atoms with van der Waals surface area (Å²) in [5.74, 6) is 0.175. The molecule has 4 nitrogen and oxygen atoms in total. The molecule has 0 atom stereocenters. The zero-order valence-electron chi connectivity index (χ0n) is 12.3. The molecule has 20 heavy (non-hydrogen) atoms. The molecule has 0 aliphatic rings. The van der Waals surface area contributed by atoms with E-state index >= 15 is 0 Å². The second-order valence-electron chi connectivity index (χ2n) is 5.05. The van der Waals surface area contributed by atoms with E-state index in [1.54, 1.807) is 0 Å². The lowest BCUT2D eigenvalue weighted by atomic mass is 9.89. The van der Waals surface area contributed by atoms with E-state index < -0.39 is 0 Å². The molecule has 2 heterocycles. The van der Waals surface area contributed by atoms with Crippen LogP contribution in [0.4, 0.5) is 0 Å². The first-order chi connectivity index (χ1) is 9.31. The van der Waals surface area contributed by atoms with Gasteiger partial charge in [-0.15, -0.1) is 0 Å². The molecule has 0 aromatic carbocycles. The average Bonchev–Trinajstić information content (AvgIpc) is 2.25. The van der Waals surface area contributed by atoms with Crippen LogP contribution in [0.3, 0.4) is 0 Å². The summed E-state index contributed by atoms with van der Waals surface area (Å²) in [5.41, 5.74) is 6.35. The molecule has 2 N–H and O–H groups in total. The number of aromatic nitrogens is 4. The maximum Gasteiger partial charge on any atom is 0.197 e. The topological polar surface area (TPSA) is 57.4 Å². The van der Waals surface area contributed by atoms with Crippen LogP contribution in [0.25, 0.3) is 0 Å². The molecule has 0 fully saturated rings. The van der Waals surface area contributed by atoms with Gasteiger partial charge in [-0.1, -0.05) is 6.92 Å². The van der Waals surface area contributed by atoms with Crippen molar-refractivity contribution < 1.29 is 0 Å². The minimum atomic E-state index is 0.175. The highest BCUT2D eigenvalue weighted by atomic mass is 32.1. The van der Waals surface area contributed by atoms with Crippen molar-refractivity contribution >= 4 is 24.4 Å². The number of aryl methyl sites for hydroxylation is 4. The number of nitrogens with one attached hydrogen (secondary N) is 2. The molecule has 0 aliphatic carbocycles. The van der Waals surface area contributed by atoms with Crippen molar-refractivity contribution in [1.29, 1.82) is 0 Å². The zero-order chi connectivity index (χ0) is 15.0. The first-order valence-electron chi connectivity index (χ1n) is 6.46. The van der Waals surface area contributed by atoms with Crippen LogP contribution in [0.5, 0.6) is 0 Å². The molecule has 0 amide bonds. The van der Waals surface area contributed by atoms with Crippen LogP contribution in [-0.4, -0.2) is 19.9 Å². The maximum absolute atomic E-state index is 5.12. The van der Waals surface area contributed by atoms with Crippen LogP contribution in [0.2, 0.25) is 0 Å². The predicted molar refractivity (Wildman–Crippen MR) is 85.3 cm³/mol. The third kappa shape index (κ3) is 2.71. The molecular weight excluding hydrogens is 288 g/mol. The Kier molecular flexibility index (Phi) is 4.15. The molecule has 0 aliphatic heterocycles. The fraction of sp³-hybridized carbons (Fsp3) is 0.429. The Hall–Kier alpha value is -1.40. The van der Waals surface area contributed by atoms with E-state index in [1.165, 1.54) is 0 Å². The van der Waals surface area contributed by atoms with Crippen molar-refractivity contribution in [2.75, 3.05) is 0 Å². The van der Waals surface area contributed by atoms with Crippen molar-refractivity contribution in [2.45, 2.75) is 40.5 Å². The van der Waals surface area contributed by atoms with Crippen molar-refractivity contribution in [3.8, 4) is 0 Å². The minimum absolute atomic E-state index is 0.175. The third-order valence-corrected chi connectivity index (χ3v) is 3.97. The monoisotopic (exact) mass is 306 g/mol. The van der Waals surface area contributed by atoms with Gasteiger partial charge in [0, 0.05) is 28.7 Å². The molecule has 0 bridgehead atoms. The van der Waals surface area contributed by atoms with Gasteiger partial charge in [-0.3, -0.25) is 0 Å². The van der Waals surface area contributed by atoms with Crippen LogP contribution in [-0.2, 0) is 0 Å². The quantitative estimate of drug-likeness (QED) is 0.824.